The van der Waals surface area contributed by atoms with Crippen LogP contribution in [-0.4, -0.2) is 0 Å². The molecule has 0 aliphatic heterocycles. The van der Waals surface area contributed by atoms with Gasteiger partial charge in [-0.05, 0) is 18.6 Å². The van der Waals surface area contributed by atoms with Crippen molar-refractivity contribution >= 4 is 11.6 Å². The molecular weight excluding hydrogens is 189 g/mol. The summed E-state index contributed by atoms with van der Waals surface area (Å²) in [5.41, 5.74) is -0.957. The smallest absolute Gasteiger partial charge is 0.166 e. The molecule has 65 valence electrons. The Morgan fingerprint density at radius 3 is 2.17 bits per heavy atom. The molecule has 0 saturated heterocycles. The van der Waals surface area contributed by atoms with Crippen LogP contribution in [-0.2, 0) is 6.18 Å². The van der Waals surface area contributed by atoms with Gasteiger partial charge in [-0.2, -0.15) is 13.2 Å². The Hall–Kier alpha value is -0.700. The predicted octanol–water partition coefficient (Wildman–Crippen LogP) is 3.54. The molecule has 0 unspecified atom stereocenters. The summed E-state index contributed by atoms with van der Waals surface area (Å²) in [6.45, 7) is 3.24. The third-order valence-electron chi connectivity index (χ3n) is 1.38. The second-order valence-corrected chi connectivity index (χ2v) is 2.68. The molecule has 12 heavy (non-hydrogen) atoms. The third kappa shape index (κ3) is 1.72. The lowest BCUT2D eigenvalue weighted by molar-refractivity contribution is -0.137. The topological polar surface area (TPSA) is 0 Å². The van der Waals surface area contributed by atoms with Gasteiger partial charge in [0.2, 0.25) is 0 Å². The van der Waals surface area contributed by atoms with E-state index in [1.165, 1.54) is 18.2 Å². The van der Waals surface area contributed by atoms with Crippen molar-refractivity contribution < 1.29 is 13.2 Å². The molecular formula is C8H5ClF3. The highest BCUT2D eigenvalue weighted by atomic mass is 35.5. The molecule has 0 fully saturated rings. The molecule has 0 amide bonds. The van der Waals surface area contributed by atoms with Gasteiger partial charge in [0.25, 0.3) is 0 Å². The molecule has 0 heterocycles. The highest BCUT2D eigenvalue weighted by Crippen LogP contribution is 2.36. The van der Waals surface area contributed by atoms with Crippen molar-refractivity contribution in [2.45, 2.75) is 6.18 Å². The quantitative estimate of drug-likeness (QED) is 0.591. The van der Waals surface area contributed by atoms with Crippen LogP contribution in [0, 0.1) is 6.92 Å². The van der Waals surface area contributed by atoms with E-state index >= 15 is 0 Å². The minimum absolute atomic E-state index is 0.102. The summed E-state index contributed by atoms with van der Waals surface area (Å²) in [4.78, 5) is 0. The maximum absolute atomic E-state index is 12.2. The summed E-state index contributed by atoms with van der Waals surface area (Å²) in [7, 11) is 0. The second-order valence-electron chi connectivity index (χ2n) is 2.27. The SMILES string of the molecule is [CH2]c1cccc(Cl)c1C(F)(F)F. The Bertz CT molecular complexity index is 271. The zero-order valence-corrected chi connectivity index (χ0v) is 6.71. The maximum Gasteiger partial charge on any atom is 0.418 e. The van der Waals surface area contributed by atoms with E-state index in [0.29, 0.717) is 0 Å². The molecule has 0 aliphatic carbocycles. The molecule has 0 spiro atoms. The highest BCUT2D eigenvalue weighted by molar-refractivity contribution is 6.31. The number of hydrogen-bond acceptors (Lipinski definition) is 0. The summed E-state index contributed by atoms with van der Waals surface area (Å²) >= 11 is 5.35. The van der Waals surface area contributed by atoms with E-state index in [9.17, 15) is 13.2 Å². The first kappa shape index (κ1) is 9.39. The highest BCUT2D eigenvalue weighted by Gasteiger charge is 2.34. The van der Waals surface area contributed by atoms with Gasteiger partial charge in [-0.1, -0.05) is 23.7 Å². The van der Waals surface area contributed by atoms with Crippen molar-refractivity contribution in [3.8, 4) is 0 Å². The zero-order chi connectivity index (χ0) is 9.35. The summed E-state index contributed by atoms with van der Waals surface area (Å²) in [5, 5.41) is -0.310. The molecule has 1 aromatic rings. The standard InChI is InChI=1S/C8H5ClF3/c1-5-3-2-4-6(9)7(5)8(10,11)12/h2-4H,1H2. The van der Waals surface area contributed by atoms with Crippen molar-refractivity contribution in [2.75, 3.05) is 0 Å². The van der Waals surface area contributed by atoms with Gasteiger partial charge in [0.05, 0.1) is 10.6 Å². The molecule has 0 N–H and O–H groups in total. The lowest BCUT2D eigenvalue weighted by Gasteiger charge is -2.10. The lowest BCUT2D eigenvalue weighted by Crippen LogP contribution is -2.07. The van der Waals surface area contributed by atoms with Crippen molar-refractivity contribution in [3.63, 3.8) is 0 Å². The van der Waals surface area contributed by atoms with E-state index in [1.807, 2.05) is 0 Å². The molecule has 0 aromatic heterocycles. The minimum Gasteiger partial charge on any atom is -0.166 e. The Labute approximate surface area is 73.0 Å². The van der Waals surface area contributed by atoms with Gasteiger partial charge < -0.3 is 0 Å². The van der Waals surface area contributed by atoms with E-state index in [2.05, 4.69) is 6.92 Å². The number of hydrogen-bond donors (Lipinski definition) is 0. The lowest BCUT2D eigenvalue weighted by atomic mass is 10.1. The molecule has 1 aromatic carbocycles. The van der Waals surface area contributed by atoms with E-state index in [-0.39, 0.29) is 10.6 Å². The minimum atomic E-state index is -4.42. The second kappa shape index (κ2) is 2.98. The monoisotopic (exact) mass is 193 g/mol. The molecule has 1 radical (unpaired) electrons. The van der Waals surface area contributed by atoms with Gasteiger partial charge in [0.1, 0.15) is 0 Å². The third-order valence-corrected chi connectivity index (χ3v) is 1.70. The predicted molar refractivity (Wildman–Crippen MR) is 40.9 cm³/mol. The van der Waals surface area contributed by atoms with Gasteiger partial charge >= 0.3 is 6.18 Å². The van der Waals surface area contributed by atoms with Crippen LogP contribution in [0.2, 0.25) is 5.02 Å². The first-order valence-corrected chi connectivity index (χ1v) is 3.48. The van der Waals surface area contributed by atoms with Crippen LogP contribution in [0.1, 0.15) is 11.1 Å². The van der Waals surface area contributed by atoms with E-state index in [1.54, 1.807) is 0 Å². The zero-order valence-electron chi connectivity index (χ0n) is 5.95. The van der Waals surface area contributed by atoms with Crippen LogP contribution in [0.4, 0.5) is 13.2 Å². The van der Waals surface area contributed by atoms with Crippen molar-refractivity contribution in [2.24, 2.45) is 0 Å². The number of halogens is 4. The van der Waals surface area contributed by atoms with Crippen molar-refractivity contribution in [3.05, 3.63) is 41.3 Å². The maximum atomic E-state index is 12.2. The van der Waals surface area contributed by atoms with Crippen LogP contribution >= 0.6 is 11.6 Å². The molecule has 4 heteroatoms. The van der Waals surface area contributed by atoms with E-state index in [4.69, 9.17) is 11.6 Å². The van der Waals surface area contributed by atoms with Crippen LogP contribution in [0.15, 0.2) is 18.2 Å². The molecule has 0 aliphatic rings. The molecule has 0 nitrogen and oxygen atoms in total. The molecule has 0 bridgehead atoms. The first-order valence-electron chi connectivity index (χ1n) is 3.10. The number of rotatable bonds is 0. The number of alkyl halides is 3. The van der Waals surface area contributed by atoms with Gasteiger partial charge in [-0.25, -0.2) is 0 Å². The van der Waals surface area contributed by atoms with Crippen molar-refractivity contribution in [1.82, 2.24) is 0 Å². The first-order chi connectivity index (χ1) is 5.43. The molecule has 0 atom stereocenters. The average molecular weight is 194 g/mol. The molecule has 1 rings (SSSR count). The van der Waals surface area contributed by atoms with Crippen LogP contribution in [0.5, 0.6) is 0 Å². The summed E-state index contributed by atoms with van der Waals surface area (Å²) in [6, 6.07) is 3.90. The fourth-order valence-corrected chi connectivity index (χ4v) is 1.19. The van der Waals surface area contributed by atoms with Crippen LogP contribution in [0.3, 0.4) is 0 Å². The normalized spacial score (nSPS) is 11.8. The molecule has 0 saturated carbocycles. The van der Waals surface area contributed by atoms with Crippen LogP contribution in [0.25, 0.3) is 0 Å². The summed E-state index contributed by atoms with van der Waals surface area (Å²) in [6.07, 6.45) is -4.42. The fraction of sp³-hybridized carbons (Fsp3) is 0.125. The van der Waals surface area contributed by atoms with E-state index in [0.717, 1.165) is 0 Å². The summed E-state index contributed by atoms with van der Waals surface area (Å²) < 4.78 is 36.6. The number of benzene rings is 1. The Balaban J connectivity index is 3.31. The fourth-order valence-electron chi connectivity index (χ4n) is 0.886. The Kier molecular flexibility index (Phi) is 2.33. The van der Waals surface area contributed by atoms with Crippen LogP contribution < -0.4 is 0 Å². The van der Waals surface area contributed by atoms with Gasteiger partial charge in [0, 0.05) is 0 Å². The van der Waals surface area contributed by atoms with Crippen molar-refractivity contribution in [1.29, 1.82) is 0 Å². The Morgan fingerprint density at radius 1 is 1.25 bits per heavy atom. The van der Waals surface area contributed by atoms with Gasteiger partial charge in [0.15, 0.2) is 0 Å². The van der Waals surface area contributed by atoms with Gasteiger partial charge in [-0.3, -0.25) is 0 Å². The summed E-state index contributed by atoms with van der Waals surface area (Å²) in [5.74, 6) is 0. The Morgan fingerprint density at radius 2 is 1.83 bits per heavy atom. The van der Waals surface area contributed by atoms with Gasteiger partial charge in [-0.15, -0.1) is 0 Å². The van der Waals surface area contributed by atoms with E-state index < -0.39 is 11.7 Å². The average Bonchev–Trinajstić information content (AvgIpc) is 1.82. The largest absolute Gasteiger partial charge is 0.418 e.